The van der Waals surface area contributed by atoms with Crippen LogP contribution in [0.5, 0.6) is 11.5 Å². The molecule has 1 saturated heterocycles. The molecule has 208 valence electrons. The molecular weight excluding hydrogens is 520 g/mol. The lowest BCUT2D eigenvalue weighted by Gasteiger charge is -2.15. The Hall–Kier alpha value is -3.79. The van der Waals surface area contributed by atoms with Crippen LogP contribution < -0.4 is 14.8 Å². The summed E-state index contributed by atoms with van der Waals surface area (Å²) >= 11 is 0.750. The van der Waals surface area contributed by atoms with Crippen LogP contribution in [0.2, 0.25) is 0 Å². The van der Waals surface area contributed by atoms with Crippen LogP contribution in [0.1, 0.15) is 51.7 Å². The van der Waals surface area contributed by atoms with E-state index >= 15 is 0 Å². The van der Waals surface area contributed by atoms with Gasteiger partial charge in [0.25, 0.3) is 17.1 Å². The SMILES string of the molecule is CCOc1cc(/C=C2/SC(=O)N(CC(=O)OCC(C)C)C2=O)ccc1OCC(=O)Nc1ccccc1C(C)C. The van der Waals surface area contributed by atoms with Gasteiger partial charge in [0.1, 0.15) is 6.54 Å². The van der Waals surface area contributed by atoms with Crippen molar-refractivity contribution in [3.05, 3.63) is 58.5 Å². The Kier molecular flexibility index (Phi) is 10.6. The summed E-state index contributed by atoms with van der Waals surface area (Å²) in [4.78, 5) is 50.8. The summed E-state index contributed by atoms with van der Waals surface area (Å²) < 4.78 is 16.5. The summed E-state index contributed by atoms with van der Waals surface area (Å²) in [5.74, 6) is -0.367. The topological polar surface area (TPSA) is 111 Å². The molecule has 3 rings (SSSR count). The van der Waals surface area contributed by atoms with E-state index in [1.807, 2.05) is 45.0 Å². The predicted octanol–water partition coefficient (Wildman–Crippen LogP) is 5.46. The molecule has 0 saturated carbocycles. The lowest BCUT2D eigenvalue weighted by Crippen LogP contribution is -2.34. The third-order valence-electron chi connectivity index (χ3n) is 5.52. The number of nitrogens with one attached hydrogen (secondary N) is 1. The lowest BCUT2D eigenvalue weighted by atomic mass is 10.0. The lowest BCUT2D eigenvalue weighted by molar-refractivity contribution is -0.147. The van der Waals surface area contributed by atoms with E-state index in [1.54, 1.807) is 24.3 Å². The molecule has 10 heteroatoms. The zero-order valence-electron chi connectivity index (χ0n) is 22.8. The maximum absolute atomic E-state index is 12.8. The van der Waals surface area contributed by atoms with Crippen LogP contribution in [0.3, 0.4) is 0 Å². The number of carbonyl (C=O) groups is 4. The van der Waals surface area contributed by atoms with Gasteiger partial charge >= 0.3 is 5.97 Å². The number of benzene rings is 2. The van der Waals surface area contributed by atoms with Crippen LogP contribution in [0.4, 0.5) is 10.5 Å². The number of carbonyl (C=O) groups excluding carboxylic acids is 4. The molecule has 0 aliphatic carbocycles. The predicted molar refractivity (Wildman–Crippen MR) is 151 cm³/mol. The summed E-state index contributed by atoms with van der Waals surface area (Å²) in [7, 11) is 0. The normalized spacial score (nSPS) is 14.3. The summed E-state index contributed by atoms with van der Waals surface area (Å²) in [6.07, 6.45) is 1.55. The van der Waals surface area contributed by atoms with Gasteiger partial charge in [-0.2, -0.15) is 0 Å². The Morgan fingerprint density at radius 1 is 1.03 bits per heavy atom. The molecule has 0 atom stereocenters. The summed E-state index contributed by atoms with van der Waals surface area (Å²) in [5.41, 5.74) is 2.36. The number of para-hydroxylation sites is 1. The van der Waals surface area contributed by atoms with Crippen molar-refractivity contribution in [1.29, 1.82) is 0 Å². The summed E-state index contributed by atoms with van der Waals surface area (Å²) in [6.45, 7) is 9.62. The number of ether oxygens (including phenoxy) is 3. The second kappa shape index (κ2) is 13.8. The maximum atomic E-state index is 12.8. The van der Waals surface area contributed by atoms with Crippen molar-refractivity contribution >= 4 is 46.5 Å². The third-order valence-corrected chi connectivity index (χ3v) is 6.43. The van der Waals surface area contributed by atoms with Gasteiger partial charge in [0.05, 0.1) is 18.1 Å². The smallest absolute Gasteiger partial charge is 0.326 e. The fourth-order valence-corrected chi connectivity index (χ4v) is 4.51. The van der Waals surface area contributed by atoms with Crippen LogP contribution >= 0.6 is 11.8 Å². The minimum Gasteiger partial charge on any atom is -0.490 e. The van der Waals surface area contributed by atoms with E-state index in [1.165, 1.54) is 0 Å². The van der Waals surface area contributed by atoms with Crippen LogP contribution in [0.25, 0.3) is 6.08 Å². The highest BCUT2D eigenvalue weighted by atomic mass is 32.2. The Bertz CT molecular complexity index is 1260. The van der Waals surface area contributed by atoms with Crippen molar-refractivity contribution < 1.29 is 33.4 Å². The number of amides is 3. The molecule has 0 aromatic heterocycles. The minimum absolute atomic E-state index is 0.145. The number of anilines is 1. The molecule has 2 aromatic carbocycles. The quantitative estimate of drug-likeness (QED) is 0.272. The largest absolute Gasteiger partial charge is 0.490 e. The molecule has 0 bridgehead atoms. The van der Waals surface area contributed by atoms with Gasteiger partial charge in [-0.05, 0) is 65.9 Å². The zero-order valence-corrected chi connectivity index (χ0v) is 23.6. The van der Waals surface area contributed by atoms with E-state index in [9.17, 15) is 19.2 Å². The van der Waals surface area contributed by atoms with Crippen LogP contribution in [0, 0.1) is 5.92 Å². The molecule has 0 spiro atoms. The fraction of sp³-hybridized carbons (Fsp3) is 0.379. The number of imide groups is 1. The maximum Gasteiger partial charge on any atom is 0.326 e. The van der Waals surface area contributed by atoms with Gasteiger partial charge in [0.15, 0.2) is 18.1 Å². The van der Waals surface area contributed by atoms with Crippen molar-refractivity contribution in [2.24, 2.45) is 5.92 Å². The number of hydrogen-bond donors (Lipinski definition) is 1. The molecule has 39 heavy (non-hydrogen) atoms. The summed E-state index contributed by atoms with van der Waals surface area (Å²) in [5, 5.41) is 2.35. The molecule has 0 radical (unpaired) electrons. The molecular formula is C29H34N2O7S. The first-order valence-corrected chi connectivity index (χ1v) is 13.6. The third kappa shape index (κ3) is 8.35. The standard InChI is InChI=1S/C29H34N2O7S/c1-6-36-24-13-20(14-25-28(34)31(29(35)39-25)15-27(33)38-16-18(2)3)11-12-23(24)37-17-26(32)30-22-10-8-7-9-21(22)19(4)5/h7-14,18-19H,6,15-17H2,1-5H3,(H,30,32)/b25-14+. The molecule has 1 heterocycles. The van der Waals surface area contributed by atoms with Gasteiger partial charge in [-0.15, -0.1) is 0 Å². The highest BCUT2D eigenvalue weighted by molar-refractivity contribution is 8.18. The fourth-order valence-electron chi connectivity index (χ4n) is 3.67. The van der Waals surface area contributed by atoms with E-state index in [0.717, 1.165) is 27.9 Å². The number of thioether (sulfide) groups is 1. The van der Waals surface area contributed by atoms with Gasteiger partial charge in [0.2, 0.25) is 0 Å². The first-order chi connectivity index (χ1) is 18.6. The molecule has 3 amide bonds. The van der Waals surface area contributed by atoms with Gasteiger partial charge in [-0.1, -0.05) is 52.0 Å². The highest BCUT2D eigenvalue weighted by Gasteiger charge is 2.36. The van der Waals surface area contributed by atoms with E-state index < -0.39 is 23.7 Å². The van der Waals surface area contributed by atoms with E-state index in [0.29, 0.717) is 23.7 Å². The van der Waals surface area contributed by atoms with Crippen molar-refractivity contribution in [3.8, 4) is 11.5 Å². The summed E-state index contributed by atoms with van der Waals surface area (Å²) in [6, 6.07) is 12.6. The zero-order chi connectivity index (χ0) is 28.5. The van der Waals surface area contributed by atoms with E-state index in [4.69, 9.17) is 14.2 Å². The van der Waals surface area contributed by atoms with E-state index in [-0.39, 0.29) is 35.9 Å². The number of rotatable bonds is 12. The first kappa shape index (κ1) is 29.8. The minimum atomic E-state index is -0.635. The molecule has 1 fully saturated rings. The highest BCUT2D eigenvalue weighted by Crippen LogP contribution is 2.35. The van der Waals surface area contributed by atoms with Crippen molar-refractivity contribution in [2.75, 3.05) is 31.7 Å². The van der Waals surface area contributed by atoms with Gasteiger partial charge < -0.3 is 19.5 Å². The van der Waals surface area contributed by atoms with Crippen molar-refractivity contribution in [2.45, 2.75) is 40.5 Å². The molecule has 9 nitrogen and oxygen atoms in total. The number of nitrogens with zero attached hydrogens (tertiary/aromatic N) is 1. The number of hydrogen-bond acceptors (Lipinski definition) is 8. The van der Waals surface area contributed by atoms with Gasteiger partial charge in [-0.3, -0.25) is 24.1 Å². The van der Waals surface area contributed by atoms with Gasteiger partial charge in [0, 0.05) is 5.69 Å². The average molecular weight is 555 g/mol. The Morgan fingerprint density at radius 3 is 2.46 bits per heavy atom. The Morgan fingerprint density at radius 2 is 1.77 bits per heavy atom. The molecule has 1 aliphatic heterocycles. The van der Waals surface area contributed by atoms with Gasteiger partial charge in [-0.25, -0.2) is 0 Å². The molecule has 0 unspecified atom stereocenters. The van der Waals surface area contributed by atoms with Crippen LogP contribution in [0.15, 0.2) is 47.4 Å². The molecule has 1 aliphatic rings. The second-order valence-electron chi connectivity index (χ2n) is 9.56. The number of esters is 1. The first-order valence-electron chi connectivity index (χ1n) is 12.8. The van der Waals surface area contributed by atoms with Crippen molar-refractivity contribution in [1.82, 2.24) is 4.90 Å². The molecule has 2 aromatic rings. The Balaban J connectivity index is 1.67. The second-order valence-corrected chi connectivity index (χ2v) is 10.6. The molecule has 1 N–H and O–H groups in total. The van der Waals surface area contributed by atoms with Crippen LogP contribution in [-0.4, -0.2) is 54.3 Å². The van der Waals surface area contributed by atoms with E-state index in [2.05, 4.69) is 19.2 Å². The van der Waals surface area contributed by atoms with Crippen molar-refractivity contribution in [3.63, 3.8) is 0 Å². The average Bonchev–Trinajstić information content (AvgIpc) is 3.14. The monoisotopic (exact) mass is 554 g/mol. The Labute approximate surface area is 232 Å². The van der Waals surface area contributed by atoms with Crippen LogP contribution in [-0.2, 0) is 19.1 Å².